The number of hydrogen-bond acceptors (Lipinski definition) is 4. The van der Waals surface area contributed by atoms with E-state index in [1.807, 2.05) is 12.1 Å². The van der Waals surface area contributed by atoms with Crippen molar-refractivity contribution in [1.29, 1.82) is 0 Å². The number of aliphatic hydroxyl groups is 1. The van der Waals surface area contributed by atoms with Gasteiger partial charge >= 0.3 is 0 Å². The molecule has 1 aliphatic carbocycles. The molecule has 1 fully saturated rings. The topological polar surface area (TPSA) is 70.6 Å². The van der Waals surface area contributed by atoms with E-state index in [4.69, 9.17) is 16.3 Å². The molecule has 1 amide bonds. The lowest BCUT2D eigenvalue weighted by Gasteiger charge is -2.35. The molecule has 5 nitrogen and oxygen atoms in total. The molecule has 3 aromatic rings. The molecular formula is C28H22ClF3N2O3. The number of amides is 1. The summed E-state index contributed by atoms with van der Waals surface area (Å²) >= 11 is 6.52. The molecule has 190 valence electrons. The zero-order valence-electron chi connectivity index (χ0n) is 19.5. The summed E-state index contributed by atoms with van der Waals surface area (Å²) < 4.78 is 52.6. The smallest absolute Gasteiger partial charge is 0.256 e. The molecule has 0 aromatic heterocycles. The van der Waals surface area contributed by atoms with Crippen LogP contribution in [0.5, 0.6) is 5.75 Å². The highest BCUT2D eigenvalue weighted by Crippen LogP contribution is 2.53. The molecule has 3 aliphatic heterocycles. The number of hydrogen-bond donors (Lipinski definition) is 3. The van der Waals surface area contributed by atoms with E-state index in [0.717, 1.165) is 24.9 Å². The average molecular weight is 527 g/mol. The fourth-order valence-electron chi connectivity index (χ4n) is 6.49. The standard InChI is InChI=1S/C28H22ClF3N2O3/c29-24-17(30)10-19-16-11-28(37-19,20-5-2-6-33-20)13-3-1-4-14(9-13)34-27(36)15-7-12-8-18(31)26(35)21(12)25(32)23(15)22(16)24/h1,3-4,7,9-10,18,20,26,33,35H,2,5-6,8,11H2,(H,34,36)/t18-,20-,26-,28-/m0/s1. The Morgan fingerprint density at radius 1 is 1.16 bits per heavy atom. The zero-order chi connectivity index (χ0) is 25.6. The summed E-state index contributed by atoms with van der Waals surface area (Å²) in [7, 11) is 0. The monoisotopic (exact) mass is 526 g/mol. The first kappa shape index (κ1) is 23.1. The number of ether oxygens (including phenoxy) is 1. The van der Waals surface area contributed by atoms with Crippen molar-refractivity contribution in [2.24, 2.45) is 0 Å². The van der Waals surface area contributed by atoms with E-state index in [1.165, 1.54) is 12.1 Å². The summed E-state index contributed by atoms with van der Waals surface area (Å²) in [6, 6.07) is 9.69. The average Bonchev–Trinajstić information content (AvgIpc) is 3.59. The van der Waals surface area contributed by atoms with Crippen molar-refractivity contribution < 1.29 is 27.8 Å². The van der Waals surface area contributed by atoms with Crippen LogP contribution in [0.1, 0.15) is 51.6 Å². The molecule has 3 aromatic carbocycles. The first-order valence-electron chi connectivity index (χ1n) is 12.3. The Bertz CT molecular complexity index is 1510. The molecule has 0 unspecified atom stereocenters. The second-order valence-corrected chi connectivity index (χ2v) is 10.6. The predicted octanol–water partition coefficient (Wildman–Crippen LogP) is 5.36. The molecule has 1 saturated heterocycles. The van der Waals surface area contributed by atoms with Crippen LogP contribution in [0.15, 0.2) is 36.4 Å². The van der Waals surface area contributed by atoms with Crippen LogP contribution in [-0.2, 0) is 18.4 Å². The molecule has 9 heteroatoms. The van der Waals surface area contributed by atoms with Crippen LogP contribution >= 0.6 is 11.6 Å². The van der Waals surface area contributed by atoms with Crippen molar-refractivity contribution in [3.05, 3.63) is 80.9 Å². The number of halogens is 4. The van der Waals surface area contributed by atoms with E-state index < -0.39 is 35.4 Å². The molecule has 4 aliphatic rings. The molecule has 4 atom stereocenters. The highest BCUT2D eigenvalue weighted by molar-refractivity contribution is 6.34. The van der Waals surface area contributed by atoms with E-state index in [2.05, 4.69) is 10.6 Å². The minimum atomic E-state index is -1.72. The summed E-state index contributed by atoms with van der Waals surface area (Å²) in [5.41, 5.74) is 0.350. The van der Waals surface area contributed by atoms with Crippen molar-refractivity contribution in [2.45, 2.75) is 49.6 Å². The number of carbonyl (C=O) groups is 1. The lowest BCUT2D eigenvalue weighted by atomic mass is 9.80. The molecule has 37 heavy (non-hydrogen) atoms. The van der Waals surface area contributed by atoms with Gasteiger partial charge in [-0.15, -0.1) is 0 Å². The quantitative estimate of drug-likeness (QED) is 0.399. The maximum atomic E-state index is 16.3. The van der Waals surface area contributed by atoms with E-state index in [1.54, 1.807) is 12.1 Å². The molecular weight excluding hydrogens is 505 g/mol. The Morgan fingerprint density at radius 3 is 2.78 bits per heavy atom. The van der Waals surface area contributed by atoms with Gasteiger partial charge in [-0.2, -0.15) is 0 Å². The van der Waals surface area contributed by atoms with E-state index >= 15 is 8.78 Å². The fraction of sp³-hybridized carbons (Fsp3) is 0.321. The minimum Gasteiger partial charge on any atom is -0.480 e. The lowest BCUT2D eigenvalue weighted by Crippen LogP contribution is -2.49. The van der Waals surface area contributed by atoms with Gasteiger partial charge < -0.3 is 20.5 Å². The summed E-state index contributed by atoms with van der Waals surface area (Å²) in [6.07, 6.45) is -1.68. The molecule has 0 saturated carbocycles. The van der Waals surface area contributed by atoms with E-state index in [-0.39, 0.29) is 57.5 Å². The van der Waals surface area contributed by atoms with Crippen molar-refractivity contribution in [1.82, 2.24) is 5.32 Å². The van der Waals surface area contributed by atoms with Gasteiger partial charge in [-0.05, 0) is 48.7 Å². The number of rotatable bonds is 1. The highest BCUT2D eigenvalue weighted by atomic mass is 35.5. The van der Waals surface area contributed by atoms with Crippen LogP contribution in [0.3, 0.4) is 0 Å². The summed E-state index contributed by atoms with van der Waals surface area (Å²) in [5, 5.41) is 16.4. The third kappa shape index (κ3) is 3.15. The Kier molecular flexibility index (Phi) is 4.97. The Morgan fingerprint density at radius 2 is 2.00 bits per heavy atom. The van der Waals surface area contributed by atoms with Crippen molar-refractivity contribution >= 4 is 23.2 Å². The molecule has 0 spiro atoms. The molecule has 0 radical (unpaired) electrons. The number of anilines is 1. The number of aliphatic hydroxyl groups excluding tert-OH is 1. The van der Waals surface area contributed by atoms with Crippen LogP contribution in [0.4, 0.5) is 18.9 Å². The van der Waals surface area contributed by atoms with Gasteiger partial charge in [0.1, 0.15) is 29.7 Å². The molecule has 3 heterocycles. The third-order valence-corrected chi connectivity index (χ3v) is 8.56. The van der Waals surface area contributed by atoms with Gasteiger partial charge in [0, 0.05) is 46.8 Å². The second kappa shape index (κ2) is 7.96. The van der Waals surface area contributed by atoms with E-state index in [9.17, 15) is 14.3 Å². The molecule has 3 N–H and O–H groups in total. The number of benzene rings is 3. The van der Waals surface area contributed by atoms with Crippen LogP contribution in [-0.4, -0.2) is 29.8 Å². The van der Waals surface area contributed by atoms with Crippen molar-refractivity contribution in [3.63, 3.8) is 0 Å². The first-order valence-corrected chi connectivity index (χ1v) is 12.7. The Labute approximate surface area is 215 Å². The third-order valence-electron chi connectivity index (χ3n) is 8.19. The number of carbonyl (C=O) groups excluding carboxylic acids is 1. The van der Waals surface area contributed by atoms with Gasteiger partial charge in [-0.3, -0.25) is 4.79 Å². The zero-order valence-corrected chi connectivity index (χ0v) is 20.3. The Balaban J connectivity index is 1.58. The largest absolute Gasteiger partial charge is 0.480 e. The summed E-state index contributed by atoms with van der Waals surface area (Å²) in [4.78, 5) is 13.6. The van der Waals surface area contributed by atoms with Crippen LogP contribution in [0, 0.1) is 11.6 Å². The number of fused-ring (bicyclic) bond motifs is 7. The van der Waals surface area contributed by atoms with Crippen molar-refractivity contribution in [2.75, 3.05) is 11.9 Å². The maximum absolute atomic E-state index is 16.3. The van der Waals surface area contributed by atoms with Gasteiger partial charge in [0.2, 0.25) is 0 Å². The SMILES string of the molecule is O=C1Nc2cccc(c2)[C@]2([C@@H]3CCCN3)Cc3c(cc(F)c(Cl)c3-c3c1cc1c(c3F)[C@@H](O)[C@@H](F)C1)O2. The lowest BCUT2D eigenvalue weighted by molar-refractivity contribution is 0.0539. The van der Waals surface area contributed by atoms with Gasteiger partial charge in [0.05, 0.1) is 16.6 Å². The fourth-order valence-corrected chi connectivity index (χ4v) is 6.76. The second-order valence-electron chi connectivity index (χ2n) is 10.2. The minimum absolute atomic E-state index is 0.00787. The molecule has 4 bridgehead atoms. The maximum Gasteiger partial charge on any atom is 0.256 e. The normalized spacial score (nSPS) is 27.3. The van der Waals surface area contributed by atoms with Gasteiger partial charge in [-0.25, -0.2) is 13.2 Å². The van der Waals surface area contributed by atoms with E-state index in [0.29, 0.717) is 11.3 Å². The van der Waals surface area contributed by atoms with Crippen LogP contribution in [0.2, 0.25) is 5.02 Å². The van der Waals surface area contributed by atoms with Crippen LogP contribution in [0.25, 0.3) is 11.1 Å². The number of alkyl halides is 1. The number of nitrogens with one attached hydrogen (secondary N) is 2. The highest BCUT2D eigenvalue weighted by Gasteiger charge is 2.51. The Hall–Kier alpha value is -3.07. The summed E-state index contributed by atoms with van der Waals surface area (Å²) in [6.45, 7) is 0.788. The molecule has 7 rings (SSSR count). The van der Waals surface area contributed by atoms with Crippen molar-refractivity contribution in [3.8, 4) is 16.9 Å². The van der Waals surface area contributed by atoms with Gasteiger partial charge in [-0.1, -0.05) is 23.7 Å². The summed E-state index contributed by atoms with van der Waals surface area (Å²) in [5.74, 6) is -2.24. The van der Waals surface area contributed by atoms with Gasteiger partial charge in [0.25, 0.3) is 5.91 Å². The van der Waals surface area contributed by atoms with Crippen LogP contribution < -0.4 is 15.4 Å². The first-order chi connectivity index (χ1) is 17.8. The predicted molar refractivity (Wildman–Crippen MR) is 132 cm³/mol. The van der Waals surface area contributed by atoms with Gasteiger partial charge in [0.15, 0.2) is 5.60 Å².